The van der Waals surface area contributed by atoms with Crippen LogP contribution in [0.15, 0.2) is 121 Å². The third kappa shape index (κ3) is 5.12. The smallest absolute Gasteiger partial charge is 0.0482 e. The molecule has 3 aliphatic carbocycles. The summed E-state index contributed by atoms with van der Waals surface area (Å²) >= 11 is 0. The van der Waals surface area contributed by atoms with Crippen molar-refractivity contribution in [2.75, 3.05) is 10.2 Å². The van der Waals surface area contributed by atoms with Gasteiger partial charge in [0.1, 0.15) is 0 Å². The van der Waals surface area contributed by atoms with E-state index in [2.05, 4.69) is 126 Å². The minimum Gasteiger partial charge on any atom is -0.379 e. The summed E-state index contributed by atoms with van der Waals surface area (Å²) in [5.41, 5.74) is 7.89. The van der Waals surface area contributed by atoms with E-state index in [-0.39, 0.29) is 0 Å². The molecule has 0 aromatic heterocycles. The fourth-order valence-corrected chi connectivity index (χ4v) is 4.82. The van der Waals surface area contributed by atoms with Crippen LogP contribution in [0.4, 0.5) is 11.4 Å². The van der Waals surface area contributed by atoms with E-state index in [1.165, 1.54) is 33.9 Å². The molecule has 0 amide bonds. The lowest BCUT2D eigenvalue weighted by molar-refractivity contribution is 0.685. The van der Waals surface area contributed by atoms with Gasteiger partial charge in [-0.15, -0.1) is 0 Å². The summed E-state index contributed by atoms with van der Waals surface area (Å²) in [5.74, 6) is 0.568. The predicted octanol–water partition coefficient (Wildman–Crippen LogP) is 8.03. The highest BCUT2D eigenvalue weighted by Gasteiger charge is 2.21. The second-order valence-electron chi connectivity index (χ2n) is 9.12. The first kappa shape index (κ1) is 21.3. The first-order valence-electron chi connectivity index (χ1n) is 12.1. The zero-order chi connectivity index (χ0) is 22.5. The van der Waals surface area contributed by atoms with Crippen LogP contribution in [0.3, 0.4) is 0 Å². The first-order valence-corrected chi connectivity index (χ1v) is 12.1. The Morgan fingerprint density at radius 3 is 2.33 bits per heavy atom. The number of nitrogens with one attached hydrogen (secondary N) is 1. The largest absolute Gasteiger partial charge is 0.379 e. The van der Waals surface area contributed by atoms with Gasteiger partial charge >= 0.3 is 0 Å². The summed E-state index contributed by atoms with van der Waals surface area (Å²) < 4.78 is 0. The van der Waals surface area contributed by atoms with Crippen molar-refractivity contribution >= 4 is 16.9 Å². The van der Waals surface area contributed by atoms with Gasteiger partial charge in [-0.25, -0.2) is 0 Å². The van der Waals surface area contributed by atoms with Crippen LogP contribution in [0.1, 0.15) is 38.2 Å². The Labute approximate surface area is 198 Å². The number of nitrogens with zero attached hydrogens (tertiary/aromatic N) is 1. The Morgan fingerprint density at radius 1 is 0.788 bits per heavy atom. The maximum absolute atomic E-state index is 3.60. The maximum atomic E-state index is 3.60. The summed E-state index contributed by atoms with van der Waals surface area (Å²) in [6, 6.07) is 20.1. The molecule has 0 aliphatic heterocycles. The van der Waals surface area contributed by atoms with Gasteiger partial charge in [-0.3, -0.25) is 0 Å². The fraction of sp³-hybridized carbons (Fsp3) is 0.226. The van der Waals surface area contributed by atoms with Crippen LogP contribution in [-0.4, -0.2) is 6.04 Å². The molecule has 2 heteroatoms. The van der Waals surface area contributed by atoms with Crippen molar-refractivity contribution in [3.63, 3.8) is 0 Å². The summed E-state index contributed by atoms with van der Waals surface area (Å²) in [7, 11) is 0. The van der Waals surface area contributed by atoms with Crippen LogP contribution in [0.2, 0.25) is 0 Å². The van der Waals surface area contributed by atoms with Crippen LogP contribution < -0.4 is 10.2 Å². The maximum Gasteiger partial charge on any atom is 0.0482 e. The molecular weight excluding hydrogens is 400 g/mol. The molecule has 166 valence electrons. The number of hydrogen-bond acceptors (Lipinski definition) is 2. The van der Waals surface area contributed by atoms with Crippen LogP contribution in [-0.2, 0) is 0 Å². The third-order valence-electron chi connectivity index (χ3n) is 6.56. The van der Waals surface area contributed by atoms with Gasteiger partial charge in [0.2, 0.25) is 0 Å². The molecule has 0 spiro atoms. The van der Waals surface area contributed by atoms with Crippen molar-refractivity contribution in [2.45, 2.75) is 38.6 Å². The highest BCUT2D eigenvalue weighted by Crippen LogP contribution is 2.36. The van der Waals surface area contributed by atoms with E-state index in [1.807, 2.05) is 0 Å². The molecule has 0 radical (unpaired) electrons. The van der Waals surface area contributed by atoms with Crippen LogP contribution in [0.5, 0.6) is 0 Å². The van der Waals surface area contributed by atoms with Crippen LogP contribution >= 0.6 is 0 Å². The number of para-hydroxylation sites is 1. The highest BCUT2D eigenvalue weighted by molar-refractivity contribution is 5.72. The monoisotopic (exact) mass is 432 g/mol. The van der Waals surface area contributed by atoms with Gasteiger partial charge < -0.3 is 10.2 Å². The fourth-order valence-electron chi connectivity index (χ4n) is 4.82. The van der Waals surface area contributed by atoms with E-state index < -0.39 is 0 Å². The molecule has 33 heavy (non-hydrogen) atoms. The normalized spacial score (nSPS) is 21.8. The Hall–Kier alpha value is -3.52. The third-order valence-corrected chi connectivity index (χ3v) is 6.56. The second-order valence-corrected chi connectivity index (χ2v) is 9.12. The highest BCUT2D eigenvalue weighted by atomic mass is 15.2. The Morgan fingerprint density at radius 2 is 1.64 bits per heavy atom. The van der Waals surface area contributed by atoms with Gasteiger partial charge in [0.05, 0.1) is 0 Å². The van der Waals surface area contributed by atoms with Crippen molar-refractivity contribution in [1.29, 1.82) is 0 Å². The van der Waals surface area contributed by atoms with E-state index in [0.29, 0.717) is 12.0 Å². The molecule has 2 unspecified atom stereocenters. The number of allylic oxidation sites excluding steroid dienone is 10. The lowest BCUT2D eigenvalue weighted by Gasteiger charge is -2.33. The van der Waals surface area contributed by atoms with Gasteiger partial charge in [-0.05, 0) is 79.2 Å². The molecule has 2 atom stereocenters. The number of hydrogen-bond donors (Lipinski definition) is 1. The van der Waals surface area contributed by atoms with Gasteiger partial charge in [0, 0.05) is 28.8 Å². The Bertz CT molecular complexity index is 1140. The zero-order valence-corrected chi connectivity index (χ0v) is 19.3. The van der Waals surface area contributed by atoms with E-state index in [1.54, 1.807) is 0 Å². The van der Waals surface area contributed by atoms with E-state index in [9.17, 15) is 0 Å². The van der Waals surface area contributed by atoms with Crippen molar-refractivity contribution in [3.05, 3.63) is 126 Å². The van der Waals surface area contributed by atoms with Crippen LogP contribution in [0, 0.1) is 5.92 Å². The molecule has 5 rings (SSSR count). The minimum absolute atomic E-state index is 0.385. The average Bonchev–Trinajstić information content (AvgIpc) is 2.87. The lowest BCUT2D eigenvalue weighted by Crippen LogP contribution is -2.24. The Kier molecular flexibility index (Phi) is 6.44. The summed E-state index contributed by atoms with van der Waals surface area (Å²) in [4.78, 5) is 2.46. The molecule has 1 N–H and O–H groups in total. The molecule has 2 aromatic carbocycles. The minimum atomic E-state index is 0.385. The summed E-state index contributed by atoms with van der Waals surface area (Å²) in [6.45, 7) is 2.29. The summed E-state index contributed by atoms with van der Waals surface area (Å²) in [6.07, 6.45) is 24.3. The van der Waals surface area contributed by atoms with Gasteiger partial charge in [0.25, 0.3) is 0 Å². The number of anilines is 2. The second kappa shape index (κ2) is 9.95. The van der Waals surface area contributed by atoms with Crippen LogP contribution in [0.25, 0.3) is 5.57 Å². The van der Waals surface area contributed by atoms with Gasteiger partial charge in [-0.2, -0.15) is 0 Å². The summed E-state index contributed by atoms with van der Waals surface area (Å²) in [5, 5.41) is 3.60. The molecule has 2 nitrogen and oxygen atoms in total. The Balaban J connectivity index is 1.35. The van der Waals surface area contributed by atoms with Crippen molar-refractivity contribution in [1.82, 2.24) is 0 Å². The molecule has 0 bridgehead atoms. The molecule has 0 heterocycles. The van der Waals surface area contributed by atoms with Gasteiger partial charge in [-0.1, -0.05) is 79.8 Å². The average molecular weight is 433 g/mol. The van der Waals surface area contributed by atoms with Gasteiger partial charge in [0.15, 0.2) is 0 Å². The quantitative estimate of drug-likeness (QED) is 0.497. The molecule has 0 saturated heterocycles. The number of benzene rings is 2. The molecule has 3 aliphatic rings. The molecule has 2 aromatic rings. The molecule has 0 saturated carbocycles. The standard InChI is InChI=1S/C31H32N2/c1-24-9-8-14-31(23-24)33(29-12-6-3-7-13-29)30-21-17-26(18-22-30)25-15-19-28(20-16-25)32-27-10-4-2-5-11-27/h2-10,12-17,19-21,24,27,32H,11,18,22-23H2,1H3. The predicted molar refractivity (Wildman–Crippen MR) is 142 cm³/mol. The molecular formula is C31H32N2. The van der Waals surface area contributed by atoms with E-state index >= 15 is 0 Å². The van der Waals surface area contributed by atoms with E-state index in [0.717, 1.165) is 25.7 Å². The molecule has 0 fully saturated rings. The van der Waals surface area contributed by atoms with Crippen molar-refractivity contribution < 1.29 is 0 Å². The lowest BCUT2D eigenvalue weighted by atomic mass is 9.93. The van der Waals surface area contributed by atoms with E-state index in [4.69, 9.17) is 0 Å². The van der Waals surface area contributed by atoms with Crippen molar-refractivity contribution in [2.24, 2.45) is 5.92 Å². The zero-order valence-electron chi connectivity index (χ0n) is 19.3. The SMILES string of the molecule is CC1C=CC=C(N(C2=CC=C(c3ccc(NC4C=CC=CC4)cc3)CC2)c2ccccc2)C1. The first-order chi connectivity index (χ1) is 16.3. The van der Waals surface area contributed by atoms with Crippen molar-refractivity contribution in [3.8, 4) is 0 Å². The number of rotatable bonds is 6. The topological polar surface area (TPSA) is 15.3 Å².